The van der Waals surface area contributed by atoms with Crippen molar-refractivity contribution >= 4 is 49.8 Å². The van der Waals surface area contributed by atoms with E-state index in [-0.39, 0.29) is 5.91 Å². The smallest absolute Gasteiger partial charge is 0.257 e. The zero-order valence-corrected chi connectivity index (χ0v) is 15.0. The van der Waals surface area contributed by atoms with Gasteiger partial charge < -0.3 is 0 Å². The van der Waals surface area contributed by atoms with Crippen LogP contribution in [0.1, 0.15) is 23.7 Å². The van der Waals surface area contributed by atoms with Crippen molar-refractivity contribution in [3.8, 4) is 0 Å². The van der Waals surface area contributed by atoms with E-state index >= 15 is 0 Å². The summed E-state index contributed by atoms with van der Waals surface area (Å²) in [6, 6.07) is 6.13. The van der Waals surface area contributed by atoms with Gasteiger partial charge in [0.2, 0.25) is 15.2 Å². The Kier molecular flexibility index (Phi) is 5.97. The molecule has 1 aromatic heterocycles. The number of carbonyl (C=O) groups is 1. The van der Waals surface area contributed by atoms with Crippen molar-refractivity contribution in [1.29, 1.82) is 0 Å². The van der Waals surface area contributed by atoms with Gasteiger partial charge in [0.25, 0.3) is 5.91 Å². The molecule has 0 bridgehead atoms. The van der Waals surface area contributed by atoms with Crippen LogP contribution in [0, 0.1) is 0 Å². The topological polar surface area (TPSA) is 101 Å². The molecule has 10 heteroatoms. The van der Waals surface area contributed by atoms with E-state index in [1.54, 1.807) is 11.8 Å². The van der Waals surface area contributed by atoms with E-state index in [2.05, 4.69) is 27.2 Å². The number of benzene rings is 1. The van der Waals surface area contributed by atoms with Crippen LogP contribution in [0.5, 0.6) is 0 Å². The summed E-state index contributed by atoms with van der Waals surface area (Å²) in [5.41, 5.74) is 0.806. The number of rotatable bonds is 7. The number of carbonyl (C=O) groups excluding carboxylic acids is 1. The molecular weight excluding hydrogens is 356 g/mol. The molecule has 0 spiro atoms. The van der Waals surface area contributed by atoms with E-state index in [0.29, 0.717) is 16.4 Å². The average molecular weight is 372 g/mol. The monoisotopic (exact) mass is 372 g/mol. The third kappa shape index (κ3) is 5.81. The summed E-state index contributed by atoms with van der Waals surface area (Å²) in [6.07, 6.45) is 2.11. The first-order valence-electron chi connectivity index (χ1n) is 6.73. The number of sulfonamides is 1. The highest BCUT2D eigenvalue weighted by molar-refractivity contribution is 8.01. The molecule has 1 amide bonds. The minimum absolute atomic E-state index is 0.320. The molecular formula is C13H16N4O3S3. The van der Waals surface area contributed by atoms with Crippen LogP contribution in [0.4, 0.5) is 10.8 Å². The molecule has 0 aliphatic carbocycles. The molecule has 0 aliphatic rings. The number of hydrogen-bond donors (Lipinski definition) is 2. The summed E-state index contributed by atoms with van der Waals surface area (Å²) >= 11 is 2.92. The third-order valence-corrected chi connectivity index (χ3v) is 5.29. The first-order valence-corrected chi connectivity index (χ1v) is 10.4. The zero-order valence-electron chi connectivity index (χ0n) is 12.6. The Morgan fingerprint density at radius 1 is 1.26 bits per heavy atom. The molecule has 2 rings (SSSR count). The van der Waals surface area contributed by atoms with Crippen molar-refractivity contribution in [3.05, 3.63) is 29.8 Å². The molecule has 124 valence electrons. The summed E-state index contributed by atoms with van der Waals surface area (Å²) in [5.74, 6) is 0.635. The van der Waals surface area contributed by atoms with E-state index in [1.807, 2.05) is 0 Å². The van der Waals surface area contributed by atoms with Gasteiger partial charge in [0, 0.05) is 17.0 Å². The average Bonchev–Trinajstić information content (AvgIpc) is 2.91. The lowest BCUT2D eigenvalue weighted by molar-refractivity contribution is 0.102. The fraction of sp³-hybridized carbons (Fsp3) is 0.308. The van der Waals surface area contributed by atoms with Crippen LogP contribution < -0.4 is 10.0 Å². The van der Waals surface area contributed by atoms with Crippen LogP contribution in [-0.4, -0.2) is 36.5 Å². The van der Waals surface area contributed by atoms with Gasteiger partial charge in [0.1, 0.15) is 0 Å². The Bertz CT molecular complexity index is 772. The van der Waals surface area contributed by atoms with E-state index in [4.69, 9.17) is 0 Å². The second kappa shape index (κ2) is 7.75. The molecule has 0 saturated heterocycles. The fourth-order valence-electron chi connectivity index (χ4n) is 1.58. The maximum Gasteiger partial charge on any atom is 0.257 e. The third-order valence-electron chi connectivity index (χ3n) is 2.51. The Morgan fingerprint density at radius 2 is 1.96 bits per heavy atom. The number of thioether (sulfide) groups is 1. The zero-order chi connectivity index (χ0) is 16.9. The molecule has 23 heavy (non-hydrogen) atoms. The number of hydrogen-bond acceptors (Lipinski definition) is 7. The second-order valence-electron chi connectivity index (χ2n) is 4.63. The summed E-state index contributed by atoms with van der Waals surface area (Å²) in [5, 5.41) is 11.0. The number of amides is 1. The van der Waals surface area contributed by atoms with Gasteiger partial charge in [0.05, 0.1) is 6.26 Å². The second-order valence-corrected chi connectivity index (χ2v) is 8.70. The molecule has 0 fully saturated rings. The molecule has 1 aromatic carbocycles. The van der Waals surface area contributed by atoms with Gasteiger partial charge in [-0.2, -0.15) is 0 Å². The van der Waals surface area contributed by atoms with Crippen molar-refractivity contribution in [2.75, 3.05) is 22.0 Å². The highest BCUT2D eigenvalue weighted by Gasteiger charge is 2.11. The molecule has 2 aromatic rings. The Labute approximate surface area is 143 Å². The number of nitrogens with one attached hydrogen (secondary N) is 2. The molecule has 0 unspecified atom stereocenters. The standard InChI is InChI=1S/C13H16N4O3S3/c1-3-8-21-13-16-15-12(22-13)14-11(18)9-4-6-10(7-5-9)17-23(2,19)20/h4-7,17H,3,8H2,1-2H3,(H,14,15,18). The predicted octanol–water partition coefficient (Wildman–Crippen LogP) is 2.66. The van der Waals surface area contributed by atoms with Gasteiger partial charge in [-0.05, 0) is 30.7 Å². The SMILES string of the molecule is CCCSc1nnc(NC(=O)c2ccc(NS(C)(=O)=O)cc2)s1. The molecule has 7 nitrogen and oxygen atoms in total. The maximum absolute atomic E-state index is 12.1. The minimum atomic E-state index is -3.33. The Hall–Kier alpha value is -1.65. The number of aromatic nitrogens is 2. The fourth-order valence-corrected chi connectivity index (χ4v) is 3.82. The predicted molar refractivity (Wildman–Crippen MR) is 93.8 cm³/mol. The summed E-state index contributed by atoms with van der Waals surface area (Å²) < 4.78 is 25.4. The maximum atomic E-state index is 12.1. The summed E-state index contributed by atoms with van der Waals surface area (Å²) in [4.78, 5) is 12.1. The van der Waals surface area contributed by atoms with E-state index in [1.165, 1.54) is 35.6 Å². The first-order chi connectivity index (χ1) is 10.9. The van der Waals surface area contributed by atoms with Gasteiger partial charge >= 0.3 is 0 Å². The van der Waals surface area contributed by atoms with Gasteiger partial charge in [-0.3, -0.25) is 14.8 Å². The van der Waals surface area contributed by atoms with Crippen LogP contribution in [0.3, 0.4) is 0 Å². The van der Waals surface area contributed by atoms with Crippen molar-refractivity contribution < 1.29 is 13.2 Å². The van der Waals surface area contributed by atoms with Gasteiger partial charge in [-0.25, -0.2) is 8.42 Å². The largest absolute Gasteiger partial charge is 0.296 e. The van der Waals surface area contributed by atoms with Gasteiger partial charge in [0.15, 0.2) is 4.34 Å². The van der Waals surface area contributed by atoms with Gasteiger partial charge in [-0.15, -0.1) is 10.2 Å². The van der Waals surface area contributed by atoms with E-state index in [0.717, 1.165) is 22.8 Å². The van der Waals surface area contributed by atoms with Crippen LogP contribution in [0.2, 0.25) is 0 Å². The number of nitrogens with zero attached hydrogens (tertiary/aromatic N) is 2. The quantitative estimate of drug-likeness (QED) is 0.572. The molecule has 0 aliphatic heterocycles. The van der Waals surface area contributed by atoms with Crippen LogP contribution >= 0.6 is 23.1 Å². The molecule has 0 radical (unpaired) electrons. The first kappa shape index (κ1) is 17.7. The van der Waals surface area contributed by atoms with Crippen molar-refractivity contribution in [3.63, 3.8) is 0 Å². The lowest BCUT2D eigenvalue weighted by atomic mass is 10.2. The van der Waals surface area contributed by atoms with Gasteiger partial charge in [-0.1, -0.05) is 30.0 Å². The van der Waals surface area contributed by atoms with Crippen molar-refractivity contribution in [2.24, 2.45) is 0 Å². The summed E-state index contributed by atoms with van der Waals surface area (Å²) in [6.45, 7) is 2.08. The van der Waals surface area contributed by atoms with E-state index < -0.39 is 10.0 Å². The van der Waals surface area contributed by atoms with Crippen LogP contribution in [0.15, 0.2) is 28.6 Å². The summed E-state index contributed by atoms with van der Waals surface area (Å²) in [7, 11) is -3.33. The molecule has 1 heterocycles. The van der Waals surface area contributed by atoms with Crippen LogP contribution in [0.25, 0.3) is 0 Å². The normalized spacial score (nSPS) is 11.2. The molecule has 0 atom stereocenters. The highest BCUT2D eigenvalue weighted by atomic mass is 32.2. The highest BCUT2D eigenvalue weighted by Crippen LogP contribution is 2.26. The Balaban J connectivity index is 1.99. The van der Waals surface area contributed by atoms with Crippen LogP contribution in [-0.2, 0) is 10.0 Å². The van der Waals surface area contributed by atoms with Crippen molar-refractivity contribution in [1.82, 2.24) is 10.2 Å². The lowest BCUT2D eigenvalue weighted by Crippen LogP contribution is -2.12. The Morgan fingerprint density at radius 3 is 2.57 bits per heavy atom. The van der Waals surface area contributed by atoms with Crippen molar-refractivity contribution in [2.45, 2.75) is 17.7 Å². The molecule has 0 saturated carbocycles. The number of anilines is 2. The van der Waals surface area contributed by atoms with E-state index in [9.17, 15) is 13.2 Å². The minimum Gasteiger partial charge on any atom is -0.296 e. The molecule has 2 N–H and O–H groups in total. The lowest BCUT2D eigenvalue weighted by Gasteiger charge is -2.05.